The predicted molar refractivity (Wildman–Crippen MR) is 114 cm³/mol. The van der Waals surface area contributed by atoms with Crippen molar-refractivity contribution in [1.82, 2.24) is 25.5 Å². The van der Waals surface area contributed by atoms with Crippen molar-refractivity contribution in [2.75, 3.05) is 49.9 Å². The van der Waals surface area contributed by atoms with E-state index in [4.69, 9.17) is 17.3 Å². The van der Waals surface area contributed by atoms with Crippen molar-refractivity contribution in [2.24, 2.45) is 0 Å². The van der Waals surface area contributed by atoms with Crippen molar-refractivity contribution in [2.45, 2.75) is 51.3 Å². The molecule has 3 rings (SSSR count). The molecule has 0 saturated carbocycles. The molecule has 0 spiro atoms. The molecule has 29 heavy (non-hydrogen) atoms. The fourth-order valence-electron chi connectivity index (χ4n) is 4.16. The third-order valence-electron chi connectivity index (χ3n) is 5.71. The van der Waals surface area contributed by atoms with Crippen LogP contribution in [0.4, 0.5) is 11.6 Å². The van der Waals surface area contributed by atoms with Crippen LogP contribution in [-0.4, -0.2) is 83.3 Å². The Balaban J connectivity index is 1.72. The van der Waals surface area contributed by atoms with Gasteiger partial charge in [-0.25, -0.2) is 9.97 Å². The molecule has 2 aliphatic rings. The molecule has 9 nitrogen and oxygen atoms in total. The van der Waals surface area contributed by atoms with Crippen LogP contribution in [0.5, 0.6) is 0 Å². The lowest BCUT2D eigenvalue weighted by atomic mass is 9.99. The van der Waals surface area contributed by atoms with Gasteiger partial charge in [-0.2, -0.15) is 0 Å². The second-order valence-electron chi connectivity index (χ2n) is 7.86. The number of amides is 1. The highest BCUT2D eigenvalue weighted by molar-refractivity contribution is 6.32. The lowest BCUT2D eigenvalue weighted by molar-refractivity contribution is 0.0918. The maximum Gasteiger partial charge on any atom is 0.273 e. The minimum absolute atomic E-state index is 0.0141. The van der Waals surface area contributed by atoms with E-state index in [-0.39, 0.29) is 23.2 Å². The first kappa shape index (κ1) is 22.0. The molecule has 2 atom stereocenters. The zero-order valence-corrected chi connectivity index (χ0v) is 18.0. The molecule has 3 heterocycles. The summed E-state index contributed by atoms with van der Waals surface area (Å²) in [6.45, 7) is 8.59. The molecule has 0 unspecified atom stereocenters. The van der Waals surface area contributed by atoms with Gasteiger partial charge in [0.25, 0.3) is 5.91 Å². The number of hydrogen-bond donors (Lipinski definition) is 4. The maximum atomic E-state index is 12.2. The fraction of sp³-hybridized carbons (Fsp3) is 0.737. The van der Waals surface area contributed by atoms with E-state index in [1.807, 2.05) is 0 Å². The number of carbonyl (C=O) groups is 1. The average molecular weight is 426 g/mol. The van der Waals surface area contributed by atoms with Crippen molar-refractivity contribution in [1.29, 1.82) is 0 Å². The quantitative estimate of drug-likeness (QED) is 0.519. The zero-order valence-electron chi connectivity index (χ0n) is 17.2. The molecular weight excluding hydrogens is 394 g/mol. The standard InChI is InChI=1S/C19H32ClN7O2/c1-3-13-11-26(8-9-27(13)14-4-6-22-7-5-14)18-16(20)24-15(17(21)25-18)19(29)23-10-12(2)28/h12-14,22,28H,3-11H2,1-2H3,(H2,21,25)(H,23,29)/t12-,13-/m0/s1. The van der Waals surface area contributed by atoms with Crippen LogP contribution >= 0.6 is 11.6 Å². The first-order valence-electron chi connectivity index (χ1n) is 10.4. The lowest BCUT2D eigenvalue weighted by Gasteiger charge is -2.46. The Morgan fingerprint density at radius 1 is 1.38 bits per heavy atom. The number of rotatable bonds is 6. The van der Waals surface area contributed by atoms with Gasteiger partial charge in [-0.15, -0.1) is 0 Å². The second kappa shape index (κ2) is 9.88. The van der Waals surface area contributed by atoms with Gasteiger partial charge >= 0.3 is 0 Å². The minimum atomic E-state index is -0.662. The predicted octanol–water partition coefficient (Wildman–Crippen LogP) is 0.475. The first-order chi connectivity index (χ1) is 13.9. The van der Waals surface area contributed by atoms with Crippen molar-refractivity contribution in [3.05, 3.63) is 10.8 Å². The van der Waals surface area contributed by atoms with Gasteiger partial charge in [0.05, 0.1) is 6.10 Å². The van der Waals surface area contributed by atoms with Gasteiger partial charge < -0.3 is 26.4 Å². The van der Waals surface area contributed by atoms with Crippen LogP contribution in [0.2, 0.25) is 5.15 Å². The van der Waals surface area contributed by atoms with Crippen LogP contribution in [0.25, 0.3) is 0 Å². The van der Waals surface area contributed by atoms with Gasteiger partial charge in [-0.1, -0.05) is 18.5 Å². The Bertz CT molecular complexity index is 712. The number of aliphatic hydroxyl groups is 1. The van der Waals surface area contributed by atoms with Crippen molar-refractivity contribution in [3.8, 4) is 0 Å². The molecule has 1 amide bonds. The number of carbonyl (C=O) groups excluding carboxylic acids is 1. The average Bonchev–Trinajstić information content (AvgIpc) is 2.73. The van der Waals surface area contributed by atoms with Crippen LogP contribution in [0.15, 0.2) is 0 Å². The van der Waals surface area contributed by atoms with E-state index in [9.17, 15) is 9.90 Å². The summed E-state index contributed by atoms with van der Waals surface area (Å²) in [5.41, 5.74) is 6.00. The number of nitrogens with two attached hydrogens (primary N) is 1. The highest BCUT2D eigenvalue weighted by atomic mass is 35.5. The minimum Gasteiger partial charge on any atom is -0.392 e. The summed E-state index contributed by atoms with van der Waals surface area (Å²) >= 11 is 6.40. The summed E-state index contributed by atoms with van der Waals surface area (Å²) in [4.78, 5) is 25.6. The molecule has 5 N–H and O–H groups in total. The Morgan fingerprint density at radius 2 is 2.10 bits per heavy atom. The fourth-order valence-corrected chi connectivity index (χ4v) is 4.40. The monoisotopic (exact) mass is 425 g/mol. The van der Waals surface area contributed by atoms with E-state index < -0.39 is 12.0 Å². The smallest absolute Gasteiger partial charge is 0.273 e. The molecule has 2 saturated heterocycles. The van der Waals surface area contributed by atoms with E-state index in [2.05, 4.69) is 37.3 Å². The first-order valence-corrected chi connectivity index (χ1v) is 10.8. The molecular formula is C19H32ClN7O2. The molecule has 0 aliphatic carbocycles. The van der Waals surface area contributed by atoms with E-state index in [0.717, 1.165) is 39.1 Å². The van der Waals surface area contributed by atoms with Gasteiger partial charge in [0.1, 0.15) is 0 Å². The molecule has 0 bridgehead atoms. The number of halogens is 1. The van der Waals surface area contributed by atoms with E-state index in [1.165, 1.54) is 12.8 Å². The third-order valence-corrected chi connectivity index (χ3v) is 5.97. The molecule has 162 valence electrons. The largest absolute Gasteiger partial charge is 0.392 e. The van der Waals surface area contributed by atoms with Gasteiger partial charge in [-0.3, -0.25) is 9.69 Å². The van der Waals surface area contributed by atoms with E-state index in [0.29, 0.717) is 17.9 Å². The summed E-state index contributed by atoms with van der Waals surface area (Å²) in [5.74, 6) is 0.0764. The van der Waals surface area contributed by atoms with Crippen molar-refractivity contribution >= 4 is 29.1 Å². The van der Waals surface area contributed by atoms with Crippen LogP contribution in [0, 0.1) is 0 Å². The molecule has 2 fully saturated rings. The zero-order chi connectivity index (χ0) is 21.0. The lowest BCUT2D eigenvalue weighted by Crippen LogP contribution is -2.58. The molecule has 1 aromatic rings. The number of nitrogens with one attached hydrogen (secondary N) is 2. The Hall–Kier alpha value is -1.68. The SMILES string of the molecule is CC[C@H]1CN(c2nc(N)c(C(=O)NC[C@H](C)O)nc2Cl)CCN1C1CCNCC1. The van der Waals surface area contributed by atoms with Crippen LogP contribution < -0.4 is 21.3 Å². The van der Waals surface area contributed by atoms with Crippen molar-refractivity contribution < 1.29 is 9.90 Å². The van der Waals surface area contributed by atoms with Crippen molar-refractivity contribution in [3.63, 3.8) is 0 Å². The highest BCUT2D eigenvalue weighted by Crippen LogP contribution is 2.29. The number of nitrogen functional groups attached to an aromatic ring is 1. The Morgan fingerprint density at radius 3 is 2.76 bits per heavy atom. The molecule has 10 heteroatoms. The van der Waals surface area contributed by atoms with Gasteiger partial charge in [0, 0.05) is 38.3 Å². The van der Waals surface area contributed by atoms with Gasteiger partial charge in [-0.05, 0) is 39.3 Å². The number of nitrogens with zero attached hydrogens (tertiary/aromatic N) is 4. The normalized spacial score (nSPS) is 22.5. The Kier molecular flexibility index (Phi) is 7.50. The number of aromatic nitrogens is 2. The third kappa shape index (κ3) is 5.28. The molecule has 2 aliphatic heterocycles. The molecule has 0 aromatic carbocycles. The summed E-state index contributed by atoms with van der Waals surface area (Å²) in [6, 6.07) is 1.04. The maximum absolute atomic E-state index is 12.2. The summed E-state index contributed by atoms with van der Waals surface area (Å²) < 4.78 is 0. The number of hydrogen-bond acceptors (Lipinski definition) is 8. The molecule has 0 radical (unpaired) electrons. The highest BCUT2D eigenvalue weighted by Gasteiger charge is 2.33. The number of piperidine rings is 1. The number of piperazine rings is 1. The summed E-state index contributed by atoms with van der Waals surface area (Å²) in [5, 5.41) is 15.5. The number of aliphatic hydroxyl groups excluding tert-OH is 1. The van der Waals surface area contributed by atoms with Crippen LogP contribution in [-0.2, 0) is 0 Å². The van der Waals surface area contributed by atoms with Gasteiger partial charge in [0.2, 0.25) is 0 Å². The summed E-state index contributed by atoms with van der Waals surface area (Å²) in [7, 11) is 0. The van der Waals surface area contributed by atoms with E-state index >= 15 is 0 Å². The topological polar surface area (TPSA) is 120 Å². The van der Waals surface area contributed by atoms with E-state index in [1.54, 1.807) is 6.92 Å². The molecule has 1 aromatic heterocycles. The number of anilines is 2. The van der Waals surface area contributed by atoms with Crippen LogP contribution in [0.3, 0.4) is 0 Å². The van der Waals surface area contributed by atoms with Gasteiger partial charge in [0.15, 0.2) is 22.5 Å². The second-order valence-corrected chi connectivity index (χ2v) is 8.22. The Labute approximate surface area is 177 Å². The summed E-state index contributed by atoms with van der Waals surface area (Å²) in [6.07, 6.45) is 2.74. The van der Waals surface area contributed by atoms with Crippen LogP contribution in [0.1, 0.15) is 43.6 Å².